The lowest BCUT2D eigenvalue weighted by atomic mass is 10.1. The minimum absolute atomic E-state index is 0.0422. The highest BCUT2D eigenvalue weighted by molar-refractivity contribution is 7.99. The number of nitrogens with zero attached hydrogens (tertiary/aromatic N) is 2. The molecule has 0 aliphatic rings. The van der Waals surface area contributed by atoms with Gasteiger partial charge in [0.1, 0.15) is 0 Å². The maximum absolute atomic E-state index is 11.7. The van der Waals surface area contributed by atoms with Crippen LogP contribution in [0.4, 0.5) is 0 Å². The predicted molar refractivity (Wildman–Crippen MR) is 84.3 cm³/mol. The lowest BCUT2D eigenvalue weighted by Gasteiger charge is -2.20. The number of aromatic amines is 1. The molecule has 0 spiro atoms. The van der Waals surface area contributed by atoms with Crippen LogP contribution in [0.3, 0.4) is 0 Å². The van der Waals surface area contributed by atoms with Crippen LogP contribution in [0.2, 0.25) is 0 Å². The summed E-state index contributed by atoms with van der Waals surface area (Å²) in [6.07, 6.45) is 1.79. The molecule has 0 aliphatic heterocycles. The average molecular weight is 312 g/mol. The summed E-state index contributed by atoms with van der Waals surface area (Å²) < 4.78 is 1.69. The second kappa shape index (κ2) is 7.10. The summed E-state index contributed by atoms with van der Waals surface area (Å²) in [6.45, 7) is 4.80. The van der Waals surface area contributed by atoms with Crippen molar-refractivity contribution < 1.29 is 0 Å². The van der Waals surface area contributed by atoms with Crippen LogP contribution in [0.15, 0.2) is 27.5 Å². The highest BCUT2D eigenvalue weighted by Gasteiger charge is 2.23. The SMILES string of the molecule is CCCn1c(SC(c2cccs2)C(N)CC)n[nH]c1=O. The Bertz CT molecular complexity index is 575. The van der Waals surface area contributed by atoms with Gasteiger partial charge < -0.3 is 5.73 Å². The summed E-state index contributed by atoms with van der Waals surface area (Å²) in [4.78, 5) is 13.0. The van der Waals surface area contributed by atoms with Crippen molar-refractivity contribution in [3.8, 4) is 0 Å². The second-order valence-electron chi connectivity index (χ2n) is 4.59. The first kappa shape index (κ1) is 15.3. The Morgan fingerprint density at radius 1 is 1.55 bits per heavy atom. The van der Waals surface area contributed by atoms with Gasteiger partial charge in [-0.1, -0.05) is 31.7 Å². The van der Waals surface area contributed by atoms with Gasteiger partial charge in [0.15, 0.2) is 5.16 Å². The smallest absolute Gasteiger partial charge is 0.326 e. The predicted octanol–water partition coefficient (Wildman–Crippen LogP) is 2.61. The van der Waals surface area contributed by atoms with Crippen molar-refractivity contribution in [2.24, 2.45) is 5.73 Å². The lowest BCUT2D eigenvalue weighted by molar-refractivity contribution is 0.596. The van der Waals surface area contributed by atoms with Gasteiger partial charge in [-0.3, -0.25) is 4.57 Å². The standard InChI is InChI=1S/C13H20N4OS2/c1-3-7-17-12(18)15-16-13(17)20-11(9(14)4-2)10-6-5-8-19-10/h5-6,8-9,11H,3-4,7,14H2,1-2H3,(H,15,18). The number of thiophene rings is 1. The van der Waals surface area contributed by atoms with E-state index in [1.165, 1.54) is 4.88 Å². The molecule has 2 aromatic rings. The minimum Gasteiger partial charge on any atom is -0.326 e. The third-order valence-corrected chi connectivity index (χ3v) is 5.57. The van der Waals surface area contributed by atoms with Crippen molar-refractivity contribution in [1.29, 1.82) is 0 Å². The zero-order valence-corrected chi connectivity index (χ0v) is 13.3. The first-order chi connectivity index (χ1) is 9.67. The highest BCUT2D eigenvalue weighted by Crippen LogP contribution is 2.38. The molecule has 2 rings (SSSR count). The fourth-order valence-electron chi connectivity index (χ4n) is 1.95. The van der Waals surface area contributed by atoms with E-state index in [1.54, 1.807) is 27.7 Å². The number of hydrogen-bond acceptors (Lipinski definition) is 5. The Kier molecular flexibility index (Phi) is 5.45. The first-order valence-corrected chi connectivity index (χ1v) is 8.54. The fourth-order valence-corrected chi connectivity index (χ4v) is 4.23. The van der Waals surface area contributed by atoms with Crippen molar-refractivity contribution in [2.75, 3.05) is 0 Å². The molecule has 0 aromatic carbocycles. The Hall–Kier alpha value is -1.05. The van der Waals surface area contributed by atoms with Gasteiger partial charge in [-0.05, 0) is 24.3 Å². The van der Waals surface area contributed by atoms with Crippen LogP contribution in [0.25, 0.3) is 0 Å². The number of nitrogens with two attached hydrogens (primary N) is 1. The van der Waals surface area contributed by atoms with Crippen molar-refractivity contribution in [3.05, 3.63) is 32.9 Å². The molecule has 0 bridgehead atoms. The molecular weight excluding hydrogens is 292 g/mol. The van der Waals surface area contributed by atoms with E-state index in [9.17, 15) is 4.79 Å². The summed E-state index contributed by atoms with van der Waals surface area (Å²) in [7, 11) is 0. The minimum atomic E-state index is -0.149. The summed E-state index contributed by atoms with van der Waals surface area (Å²) in [5, 5.41) is 9.57. The maximum Gasteiger partial charge on any atom is 0.343 e. The molecule has 0 aliphatic carbocycles. The fraction of sp³-hybridized carbons (Fsp3) is 0.538. The number of thioether (sulfide) groups is 1. The second-order valence-corrected chi connectivity index (χ2v) is 6.68. The largest absolute Gasteiger partial charge is 0.343 e. The molecule has 20 heavy (non-hydrogen) atoms. The van der Waals surface area contributed by atoms with E-state index in [1.807, 2.05) is 13.0 Å². The molecule has 0 amide bonds. The van der Waals surface area contributed by atoms with Gasteiger partial charge in [0.25, 0.3) is 0 Å². The van der Waals surface area contributed by atoms with E-state index in [0.717, 1.165) is 18.0 Å². The average Bonchev–Trinajstić information content (AvgIpc) is 3.08. The molecule has 2 unspecified atom stereocenters. The molecule has 2 atom stereocenters. The van der Waals surface area contributed by atoms with Crippen LogP contribution in [0.5, 0.6) is 0 Å². The molecule has 2 heterocycles. The van der Waals surface area contributed by atoms with E-state index in [4.69, 9.17) is 5.73 Å². The molecule has 110 valence electrons. The Morgan fingerprint density at radius 3 is 2.95 bits per heavy atom. The molecule has 0 radical (unpaired) electrons. The van der Waals surface area contributed by atoms with Gasteiger partial charge in [0.05, 0.1) is 5.25 Å². The highest BCUT2D eigenvalue weighted by atomic mass is 32.2. The van der Waals surface area contributed by atoms with Crippen LogP contribution in [-0.2, 0) is 6.54 Å². The first-order valence-electron chi connectivity index (χ1n) is 6.78. The normalized spacial score (nSPS) is 14.3. The number of nitrogens with one attached hydrogen (secondary N) is 1. The summed E-state index contributed by atoms with van der Waals surface area (Å²) in [5.41, 5.74) is 6.10. The van der Waals surface area contributed by atoms with Crippen molar-refractivity contribution >= 4 is 23.1 Å². The van der Waals surface area contributed by atoms with E-state index >= 15 is 0 Å². The zero-order valence-electron chi connectivity index (χ0n) is 11.7. The van der Waals surface area contributed by atoms with Crippen LogP contribution in [0.1, 0.15) is 36.8 Å². The van der Waals surface area contributed by atoms with E-state index in [2.05, 4.69) is 28.6 Å². The molecular formula is C13H20N4OS2. The van der Waals surface area contributed by atoms with E-state index in [0.29, 0.717) is 6.54 Å². The van der Waals surface area contributed by atoms with E-state index in [-0.39, 0.29) is 17.0 Å². The Labute approximate surface area is 126 Å². The maximum atomic E-state index is 11.7. The molecule has 5 nitrogen and oxygen atoms in total. The third kappa shape index (κ3) is 3.34. The van der Waals surface area contributed by atoms with Gasteiger partial charge in [-0.2, -0.15) is 0 Å². The summed E-state index contributed by atoms with van der Waals surface area (Å²) in [5.74, 6) is 0. The number of hydrogen-bond donors (Lipinski definition) is 2. The van der Waals surface area contributed by atoms with Crippen molar-refractivity contribution in [1.82, 2.24) is 14.8 Å². The molecule has 7 heteroatoms. The molecule has 2 aromatic heterocycles. The molecule has 0 fully saturated rings. The topological polar surface area (TPSA) is 76.7 Å². The van der Waals surface area contributed by atoms with Gasteiger partial charge in [0.2, 0.25) is 0 Å². The molecule has 0 saturated carbocycles. The van der Waals surface area contributed by atoms with Gasteiger partial charge in [-0.15, -0.1) is 16.4 Å². The number of H-pyrrole nitrogens is 1. The van der Waals surface area contributed by atoms with Gasteiger partial charge >= 0.3 is 5.69 Å². The van der Waals surface area contributed by atoms with Crippen LogP contribution in [-0.4, -0.2) is 20.8 Å². The third-order valence-electron chi connectivity index (χ3n) is 3.09. The molecule has 3 N–H and O–H groups in total. The Morgan fingerprint density at radius 2 is 2.35 bits per heavy atom. The Balaban J connectivity index is 2.26. The summed E-state index contributed by atoms with van der Waals surface area (Å²) in [6, 6.07) is 4.16. The molecule has 0 saturated heterocycles. The van der Waals surface area contributed by atoms with Crippen LogP contribution < -0.4 is 11.4 Å². The monoisotopic (exact) mass is 312 g/mol. The summed E-state index contributed by atoms with van der Waals surface area (Å²) >= 11 is 3.27. The van der Waals surface area contributed by atoms with Crippen LogP contribution >= 0.6 is 23.1 Å². The number of rotatable bonds is 7. The van der Waals surface area contributed by atoms with Gasteiger partial charge in [-0.25, -0.2) is 9.89 Å². The number of aromatic nitrogens is 3. The zero-order chi connectivity index (χ0) is 14.5. The van der Waals surface area contributed by atoms with E-state index < -0.39 is 0 Å². The van der Waals surface area contributed by atoms with Gasteiger partial charge in [0, 0.05) is 17.5 Å². The lowest BCUT2D eigenvalue weighted by Crippen LogP contribution is -2.26. The quantitative estimate of drug-likeness (QED) is 0.771. The van der Waals surface area contributed by atoms with Crippen molar-refractivity contribution in [3.63, 3.8) is 0 Å². The van der Waals surface area contributed by atoms with Crippen LogP contribution in [0, 0.1) is 0 Å². The van der Waals surface area contributed by atoms with Crippen molar-refractivity contribution in [2.45, 2.75) is 49.7 Å².